The molecule has 0 aromatic heterocycles. The van der Waals surface area contributed by atoms with Crippen molar-refractivity contribution in [2.24, 2.45) is 5.92 Å². The fourth-order valence-corrected chi connectivity index (χ4v) is 4.59. The predicted molar refractivity (Wildman–Crippen MR) is 94.7 cm³/mol. The highest BCUT2D eigenvalue weighted by atomic mass is 35.5. The molecule has 0 amide bonds. The third kappa shape index (κ3) is 3.84. The molecule has 3 unspecified atom stereocenters. The van der Waals surface area contributed by atoms with Gasteiger partial charge >= 0.3 is 0 Å². The Balaban J connectivity index is 0.00000176. The molecule has 1 saturated carbocycles. The lowest BCUT2D eigenvalue weighted by atomic mass is 9.70. The van der Waals surface area contributed by atoms with Gasteiger partial charge in [0.1, 0.15) is 0 Å². The van der Waals surface area contributed by atoms with Gasteiger partial charge in [-0.1, -0.05) is 49.6 Å². The fourth-order valence-electron chi connectivity index (χ4n) is 4.59. The van der Waals surface area contributed by atoms with Gasteiger partial charge in [0.2, 0.25) is 0 Å². The van der Waals surface area contributed by atoms with Crippen LogP contribution in [0.15, 0.2) is 30.3 Å². The molecular formula is C19H30ClNO. The molecular weight excluding hydrogens is 294 g/mol. The van der Waals surface area contributed by atoms with Crippen molar-refractivity contribution in [3.63, 3.8) is 0 Å². The van der Waals surface area contributed by atoms with Crippen LogP contribution in [-0.2, 0) is 0 Å². The Morgan fingerprint density at radius 1 is 1.00 bits per heavy atom. The van der Waals surface area contributed by atoms with Gasteiger partial charge in [-0.05, 0) is 50.8 Å². The first-order chi connectivity index (χ1) is 10.3. The van der Waals surface area contributed by atoms with Crippen LogP contribution in [0.2, 0.25) is 0 Å². The van der Waals surface area contributed by atoms with Gasteiger partial charge in [-0.2, -0.15) is 0 Å². The second kappa shape index (κ2) is 8.33. The zero-order valence-corrected chi connectivity index (χ0v) is 14.5. The molecule has 22 heavy (non-hydrogen) atoms. The number of aliphatic hydroxyl groups is 1. The molecule has 124 valence electrons. The van der Waals surface area contributed by atoms with Crippen molar-refractivity contribution >= 4 is 12.4 Å². The molecule has 3 heteroatoms. The van der Waals surface area contributed by atoms with Crippen LogP contribution >= 0.6 is 12.4 Å². The summed E-state index contributed by atoms with van der Waals surface area (Å²) in [6.07, 6.45) is 8.69. The molecule has 1 aliphatic carbocycles. The van der Waals surface area contributed by atoms with Crippen molar-refractivity contribution in [1.82, 2.24) is 4.90 Å². The summed E-state index contributed by atoms with van der Waals surface area (Å²) in [4.78, 5) is 2.42. The molecule has 1 heterocycles. The van der Waals surface area contributed by atoms with Gasteiger partial charge in [0, 0.05) is 12.0 Å². The van der Waals surface area contributed by atoms with E-state index in [9.17, 15) is 5.11 Å². The van der Waals surface area contributed by atoms with Crippen molar-refractivity contribution in [2.75, 3.05) is 13.6 Å². The quantitative estimate of drug-likeness (QED) is 0.900. The highest BCUT2D eigenvalue weighted by Gasteiger charge is 2.39. The SMILES string of the molecule is CN1CCCC(O)C1C(c1ccccc1)C1CCCCC1.Cl. The highest BCUT2D eigenvalue weighted by molar-refractivity contribution is 5.85. The predicted octanol–water partition coefficient (Wildman–Crippen LogP) is 4.23. The van der Waals surface area contributed by atoms with E-state index in [1.54, 1.807) is 0 Å². The molecule has 0 bridgehead atoms. The van der Waals surface area contributed by atoms with E-state index in [0.717, 1.165) is 25.3 Å². The number of likely N-dealkylation sites (N-methyl/N-ethyl adjacent to an activating group) is 1. The number of likely N-dealkylation sites (tertiary alicyclic amines) is 1. The van der Waals surface area contributed by atoms with Crippen LogP contribution in [0.5, 0.6) is 0 Å². The number of halogens is 1. The van der Waals surface area contributed by atoms with Crippen molar-refractivity contribution < 1.29 is 5.11 Å². The Bertz CT molecular complexity index is 422. The summed E-state index contributed by atoms with van der Waals surface area (Å²) in [7, 11) is 2.20. The first kappa shape index (κ1) is 17.8. The van der Waals surface area contributed by atoms with Crippen molar-refractivity contribution in [3.05, 3.63) is 35.9 Å². The van der Waals surface area contributed by atoms with Crippen LogP contribution in [0.3, 0.4) is 0 Å². The van der Waals surface area contributed by atoms with Gasteiger partial charge in [0.05, 0.1) is 6.10 Å². The van der Waals surface area contributed by atoms with E-state index in [0.29, 0.717) is 12.0 Å². The van der Waals surface area contributed by atoms with E-state index in [4.69, 9.17) is 0 Å². The Kier molecular flexibility index (Phi) is 6.73. The highest BCUT2D eigenvalue weighted by Crippen LogP contribution is 2.42. The lowest BCUT2D eigenvalue weighted by Crippen LogP contribution is -2.51. The minimum Gasteiger partial charge on any atom is -0.391 e. The maximum atomic E-state index is 10.7. The first-order valence-electron chi connectivity index (χ1n) is 8.70. The van der Waals surface area contributed by atoms with Crippen molar-refractivity contribution in [3.8, 4) is 0 Å². The molecule has 2 fully saturated rings. The monoisotopic (exact) mass is 323 g/mol. The Labute approximate surface area is 141 Å². The number of hydrogen-bond donors (Lipinski definition) is 1. The Hall–Kier alpha value is -0.570. The van der Waals surface area contributed by atoms with Gasteiger partial charge in [0.15, 0.2) is 0 Å². The maximum Gasteiger partial charge on any atom is 0.0701 e. The van der Waals surface area contributed by atoms with Gasteiger partial charge in [0.25, 0.3) is 0 Å². The number of benzene rings is 1. The van der Waals surface area contributed by atoms with Gasteiger partial charge in [-0.25, -0.2) is 0 Å². The van der Waals surface area contributed by atoms with Gasteiger partial charge < -0.3 is 10.0 Å². The molecule has 1 aromatic rings. The largest absolute Gasteiger partial charge is 0.391 e. The summed E-state index contributed by atoms with van der Waals surface area (Å²) in [5, 5.41) is 10.7. The molecule has 2 nitrogen and oxygen atoms in total. The number of nitrogens with zero attached hydrogens (tertiary/aromatic N) is 1. The minimum absolute atomic E-state index is 0. The smallest absolute Gasteiger partial charge is 0.0701 e. The molecule has 0 spiro atoms. The fraction of sp³-hybridized carbons (Fsp3) is 0.684. The first-order valence-corrected chi connectivity index (χ1v) is 8.70. The summed E-state index contributed by atoms with van der Waals surface area (Å²) >= 11 is 0. The standard InChI is InChI=1S/C19H29NO.ClH/c1-20-14-8-13-17(21)19(20)18(15-9-4-2-5-10-15)16-11-6-3-7-12-16;/h2,4-5,9-10,16-19,21H,3,6-8,11-14H2,1H3;1H. The van der Waals surface area contributed by atoms with Crippen molar-refractivity contribution in [1.29, 1.82) is 0 Å². The third-order valence-electron chi connectivity index (χ3n) is 5.62. The normalized spacial score (nSPS) is 28.8. The van der Waals surface area contributed by atoms with E-state index in [1.807, 2.05) is 0 Å². The van der Waals surface area contributed by atoms with E-state index in [2.05, 4.69) is 42.3 Å². The molecule has 2 aliphatic rings. The number of aliphatic hydroxyl groups excluding tert-OH is 1. The molecule has 0 radical (unpaired) electrons. The van der Waals surface area contributed by atoms with Crippen LogP contribution in [0, 0.1) is 5.92 Å². The third-order valence-corrected chi connectivity index (χ3v) is 5.62. The zero-order valence-electron chi connectivity index (χ0n) is 13.7. The Morgan fingerprint density at radius 2 is 1.68 bits per heavy atom. The summed E-state index contributed by atoms with van der Waals surface area (Å²) in [5.41, 5.74) is 1.43. The van der Waals surface area contributed by atoms with Crippen molar-refractivity contribution in [2.45, 2.75) is 63.0 Å². The summed E-state index contributed by atoms with van der Waals surface area (Å²) < 4.78 is 0. The van der Waals surface area contributed by atoms with Crippen LogP contribution < -0.4 is 0 Å². The van der Waals surface area contributed by atoms with E-state index in [-0.39, 0.29) is 18.5 Å². The van der Waals surface area contributed by atoms with E-state index < -0.39 is 0 Å². The van der Waals surface area contributed by atoms with Crippen LogP contribution in [0.4, 0.5) is 0 Å². The second-order valence-corrected chi connectivity index (χ2v) is 7.02. The second-order valence-electron chi connectivity index (χ2n) is 7.02. The average Bonchev–Trinajstić information content (AvgIpc) is 2.53. The zero-order chi connectivity index (χ0) is 14.7. The lowest BCUT2D eigenvalue weighted by Gasteiger charge is -2.45. The minimum atomic E-state index is -0.170. The van der Waals surface area contributed by atoms with E-state index >= 15 is 0 Å². The molecule has 3 rings (SSSR count). The topological polar surface area (TPSA) is 23.5 Å². The number of rotatable bonds is 3. The molecule has 1 N–H and O–H groups in total. The summed E-state index contributed by atoms with van der Waals surface area (Å²) in [5.74, 6) is 1.23. The molecule has 1 saturated heterocycles. The number of piperidine rings is 1. The van der Waals surface area contributed by atoms with Gasteiger partial charge in [-0.15, -0.1) is 12.4 Å². The Morgan fingerprint density at radius 3 is 2.32 bits per heavy atom. The molecule has 1 aliphatic heterocycles. The summed E-state index contributed by atoms with van der Waals surface area (Å²) in [6.45, 7) is 1.12. The van der Waals surface area contributed by atoms with Crippen LogP contribution in [0.25, 0.3) is 0 Å². The van der Waals surface area contributed by atoms with E-state index in [1.165, 1.54) is 37.7 Å². The number of hydrogen-bond acceptors (Lipinski definition) is 2. The van der Waals surface area contributed by atoms with Crippen LogP contribution in [-0.4, -0.2) is 35.7 Å². The van der Waals surface area contributed by atoms with Gasteiger partial charge in [-0.3, -0.25) is 0 Å². The summed E-state index contributed by atoms with van der Waals surface area (Å²) in [6, 6.07) is 11.2. The molecule has 3 atom stereocenters. The van der Waals surface area contributed by atoms with Crippen LogP contribution in [0.1, 0.15) is 56.4 Å². The lowest BCUT2D eigenvalue weighted by molar-refractivity contribution is -0.00316. The average molecular weight is 324 g/mol. The maximum absolute atomic E-state index is 10.7. The molecule has 1 aromatic carbocycles.